The molecule has 98 valence electrons. The highest BCUT2D eigenvalue weighted by molar-refractivity contribution is 7.98. The van der Waals surface area contributed by atoms with Gasteiger partial charge >= 0.3 is 0 Å². The zero-order valence-corrected chi connectivity index (χ0v) is 11.7. The Bertz CT molecular complexity index is 422. The predicted molar refractivity (Wildman–Crippen MR) is 77.0 cm³/mol. The second-order valence-corrected chi connectivity index (χ2v) is 5.68. The minimum absolute atomic E-state index is 0.138. The van der Waals surface area contributed by atoms with E-state index in [0.29, 0.717) is 6.04 Å². The van der Waals surface area contributed by atoms with Crippen molar-refractivity contribution in [3.63, 3.8) is 0 Å². The molecule has 0 radical (unpaired) electrons. The van der Waals surface area contributed by atoms with Crippen molar-refractivity contribution in [2.45, 2.75) is 30.7 Å². The van der Waals surface area contributed by atoms with Crippen molar-refractivity contribution in [1.29, 1.82) is 0 Å². The maximum atomic E-state index is 12.2. The van der Waals surface area contributed by atoms with Crippen LogP contribution < -0.4 is 10.6 Å². The molecule has 0 aliphatic carbocycles. The van der Waals surface area contributed by atoms with E-state index in [-0.39, 0.29) is 11.8 Å². The summed E-state index contributed by atoms with van der Waals surface area (Å²) in [7, 11) is 0. The van der Waals surface area contributed by atoms with Crippen LogP contribution in [0.15, 0.2) is 29.2 Å². The molecule has 4 heteroatoms. The highest BCUT2D eigenvalue weighted by Crippen LogP contribution is 2.22. The van der Waals surface area contributed by atoms with Gasteiger partial charge in [-0.25, -0.2) is 0 Å². The van der Waals surface area contributed by atoms with Gasteiger partial charge in [0.1, 0.15) is 0 Å². The standard InChI is InChI=1S/C14H20N2OS/c1-10-8-11(6-7-15-10)14(17)16-12-4-3-5-13(9-12)18-2/h3-5,9-11,15H,6-8H2,1-2H3,(H,16,17). The highest BCUT2D eigenvalue weighted by atomic mass is 32.2. The molecule has 1 aromatic rings. The van der Waals surface area contributed by atoms with Crippen molar-refractivity contribution in [3.8, 4) is 0 Å². The third kappa shape index (κ3) is 3.50. The first-order chi connectivity index (χ1) is 8.69. The molecule has 2 atom stereocenters. The molecular formula is C14H20N2OS. The zero-order chi connectivity index (χ0) is 13.0. The van der Waals surface area contributed by atoms with Crippen LogP contribution in [-0.2, 0) is 4.79 Å². The van der Waals surface area contributed by atoms with Crippen molar-refractivity contribution in [3.05, 3.63) is 24.3 Å². The van der Waals surface area contributed by atoms with Gasteiger partial charge in [0.05, 0.1) is 0 Å². The summed E-state index contributed by atoms with van der Waals surface area (Å²) in [5.74, 6) is 0.292. The van der Waals surface area contributed by atoms with E-state index in [1.165, 1.54) is 4.90 Å². The van der Waals surface area contributed by atoms with Crippen molar-refractivity contribution in [2.24, 2.45) is 5.92 Å². The molecular weight excluding hydrogens is 244 g/mol. The number of anilines is 1. The maximum Gasteiger partial charge on any atom is 0.227 e. The molecule has 1 aliphatic heterocycles. The Morgan fingerprint density at radius 2 is 2.33 bits per heavy atom. The molecule has 0 bridgehead atoms. The van der Waals surface area contributed by atoms with Crippen LogP contribution in [0.3, 0.4) is 0 Å². The number of thioether (sulfide) groups is 1. The van der Waals surface area contributed by atoms with Crippen molar-refractivity contribution in [1.82, 2.24) is 5.32 Å². The number of rotatable bonds is 3. The summed E-state index contributed by atoms with van der Waals surface area (Å²) >= 11 is 1.68. The maximum absolute atomic E-state index is 12.2. The lowest BCUT2D eigenvalue weighted by Crippen LogP contribution is -2.40. The summed E-state index contributed by atoms with van der Waals surface area (Å²) in [6, 6.07) is 8.43. The first kappa shape index (κ1) is 13.4. The number of hydrogen-bond donors (Lipinski definition) is 2. The summed E-state index contributed by atoms with van der Waals surface area (Å²) in [5.41, 5.74) is 0.901. The van der Waals surface area contributed by atoms with Gasteiger partial charge in [0, 0.05) is 22.5 Å². The summed E-state index contributed by atoms with van der Waals surface area (Å²) < 4.78 is 0. The van der Waals surface area contributed by atoms with Crippen LogP contribution >= 0.6 is 11.8 Å². The molecule has 1 heterocycles. The van der Waals surface area contributed by atoms with Gasteiger partial charge in [-0.1, -0.05) is 6.07 Å². The van der Waals surface area contributed by atoms with Gasteiger partial charge in [0.15, 0.2) is 0 Å². The van der Waals surface area contributed by atoms with Crippen LogP contribution in [0.2, 0.25) is 0 Å². The van der Waals surface area contributed by atoms with Crippen LogP contribution in [0, 0.1) is 5.92 Å². The van der Waals surface area contributed by atoms with Gasteiger partial charge in [0.25, 0.3) is 0 Å². The molecule has 2 N–H and O–H groups in total. The first-order valence-electron chi connectivity index (χ1n) is 6.37. The Hall–Kier alpha value is -1.00. The molecule has 1 amide bonds. The summed E-state index contributed by atoms with van der Waals surface area (Å²) in [6.45, 7) is 3.07. The van der Waals surface area contributed by atoms with Crippen LogP contribution in [0.25, 0.3) is 0 Å². The Balaban J connectivity index is 1.97. The second kappa shape index (κ2) is 6.25. The van der Waals surface area contributed by atoms with Crippen LogP contribution in [0.4, 0.5) is 5.69 Å². The predicted octanol–water partition coefficient (Wildman–Crippen LogP) is 2.74. The third-order valence-electron chi connectivity index (χ3n) is 3.33. The SMILES string of the molecule is CSc1cccc(NC(=O)C2CCNC(C)C2)c1. The number of piperidine rings is 1. The van der Waals surface area contributed by atoms with Crippen LogP contribution in [0.1, 0.15) is 19.8 Å². The highest BCUT2D eigenvalue weighted by Gasteiger charge is 2.24. The Morgan fingerprint density at radius 1 is 1.50 bits per heavy atom. The van der Waals surface area contributed by atoms with E-state index in [1.807, 2.05) is 30.5 Å². The van der Waals surface area contributed by atoms with E-state index >= 15 is 0 Å². The molecule has 1 fully saturated rings. The monoisotopic (exact) mass is 264 g/mol. The number of nitrogens with one attached hydrogen (secondary N) is 2. The molecule has 2 unspecified atom stereocenters. The van der Waals surface area contributed by atoms with E-state index in [4.69, 9.17) is 0 Å². The zero-order valence-electron chi connectivity index (χ0n) is 10.9. The molecule has 1 aromatic carbocycles. The molecule has 18 heavy (non-hydrogen) atoms. The third-order valence-corrected chi connectivity index (χ3v) is 4.06. The second-order valence-electron chi connectivity index (χ2n) is 4.80. The minimum atomic E-state index is 0.138. The average Bonchev–Trinajstić information content (AvgIpc) is 2.39. The molecule has 0 spiro atoms. The van der Waals surface area contributed by atoms with Gasteiger partial charge in [-0.2, -0.15) is 0 Å². The van der Waals surface area contributed by atoms with Crippen LogP contribution in [0.5, 0.6) is 0 Å². The number of hydrogen-bond acceptors (Lipinski definition) is 3. The number of carbonyl (C=O) groups is 1. The topological polar surface area (TPSA) is 41.1 Å². The van der Waals surface area contributed by atoms with E-state index in [9.17, 15) is 4.79 Å². The fourth-order valence-electron chi connectivity index (χ4n) is 2.32. The lowest BCUT2D eigenvalue weighted by atomic mass is 9.92. The number of amides is 1. The smallest absolute Gasteiger partial charge is 0.227 e. The molecule has 1 aliphatic rings. The van der Waals surface area contributed by atoms with Gasteiger partial charge < -0.3 is 10.6 Å². The van der Waals surface area contributed by atoms with Gasteiger partial charge in [-0.15, -0.1) is 11.8 Å². The van der Waals surface area contributed by atoms with Crippen LogP contribution in [-0.4, -0.2) is 24.7 Å². The molecule has 1 saturated heterocycles. The Kier molecular flexibility index (Phi) is 4.66. The summed E-state index contributed by atoms with van der Waals surface area (Å²) in [4.78, 5) is 13.3. The van der Waals surface area contributed by atoms with Gasteiger partial charge in [-0.05, 0) is 50.8 Å². The average molecular weight is 264 g/mol. The normalized spacial score (nSPS) is 23.7. The molecule has 3 nitrogen and oxygen atoms in total. The van der Waals surface area contributed by atoms with Gasteiger partial charge in [0.2, 0.25) is 5.91 Å². The Morgan fingerprint density at radius 3 is 3.06 bits per heavy atom. The molecule has 0 saturated carbocycles. The largest absolute Gasteiger partial charge is 0.326 e. The fourth-order valence-corrected chi connectivity index (χ4v) is 2.77. The Labute approximate surface area is 113 Å². The van der Waals surface area contributed by atoms with E-state index in [1.54, 1.807) is 11.8 Å². The van der Waals surface area contributed by atoms with Crippen molar-refractivity contribution in [2.75, 3.05) is 18.1 Å². The molecule has 0 aromatic heterocycles. The van der Waals surface area contributed by atoms with Crippen molar-refractivity contribution < 1.29 is 4.79 Å². The minimum Gasteiger partial charge on any atom is -0.326 e. The summed E-state index contributed by atoms with van der Waals surface area (Å²) in [5, 5.41) is 6.39. The first-order valence-corrected chi connectivity index (χ1v) is 7.60. The molecule has 2 rings (SSSR count). The van der Waals surface area contributed by atoms with E-state index in [2.05, 4.69) is 17.6 Å². The van der Waals surface area contributed by atoms with Gasteiger partial charge in [-0.3, -0.25) is 4.79 Å². The fraction of sp³-hybridized carbons (Fsp3) is 0.500. The van der Waals surface area contributed by atoms with E-state index < -0.39 is 0 Å². The number of benzene rings is 1. The summed E-state index contributed by atoms with van der Waals surface area (Å²) in [6.07, 6.45) is 3.89. The quantitative estimate of drug-likeness (QED) is 0.825. The number of carbonyl (C=O) groups excluding carboxylic acids is 1. The van der Waals surface area contributed by atoms with Crippen molar-refractivity contribution >= 4 is 23.4 Å². The lowest BCUT2D eigenvalue weighted by Gasteiger charge is -2.27. The lowest BCUT2D eigenvalue weighted by molar-refractivity contribution is -0.120. The van der Waals surface area contributed by atoms with E-state index in [0.717, 1.165) is 25.1 Å².